The molecule has 6 nitrogen and oxygen atoms in total. The van der Waals surface area contributed by atoms with E-state index in [1.165, 1.54) is 0 Å². The van der Waals surface area contributed by atoms with Gasteiger partial charge in [-0.05, 0) is 15.9 Å². The molecule has 1 fully saturated rings. The van der Waals surface area contributed by atoms with E-state index in [4.69, 9.17) is 0 Å². The summed E-state index contributed by atoms with van der Waals surface area (Å²) in [6.07, 6.45) is 7.42. The lowest BCUT2D eigenvalue weighted by atomic mass is 10.3. The molecule has 0 spiro atoms. The molecule has 0 unspecified atom stereocenters. The van der Waals surface area contributed by atoms with Gasteiger partial charge in [0.2, 0.25) is 5.95 Å². The number of nitrogens with zero attached hydrogens (tertiary/aromatic N) is 6. The van der Waals surface area contributed by atoms with E-state index >= 15 is 0 Å². The van der Waals surface area contributed by atoms with Gasteiger partial charge in [0.15, 0.2) is 0 Å². The van der Waals surface area contributed by atoms with Gasteiger partial charge in [-0.1, -0.05) is 0 Å². The third-order valence-electron chi connectivity index (χ3n) is 3.55. The van der Waals surface area contributed by atoms with Crippen LogP contribution < -0.4 is 4.90 Å². The van der Waals surface area contributed by atoms with Crippen LogP contribution in [-0.4, -0.2) is 50.6 Å². The van der Waals surface area contributed by atoms with Crippen LogP contribution >= 0.6 is 15.9 Å². The van der Waals surface area contributed by atoms with Crippen molar-refractivity contribution in [2.45, 2.75) is 6.54 Å². The Bertz CT molecular complexity index is 558. The van der Waals surface area contributed by atoms with E-state index in [0.717, 1.165) is 49.0 Å². The summed E-state index contributed by atoms with van der Waals surface area (Å²) in [5.74, 6) is 1.92. The molecule has 0 saturated carbocycles. The Balaban J connectivity index is 1.57. The van der Waals surface area contributed by atoms with Crippen molar-refractivity contribution in [2.75, 3.05) is 31.1 Å². The van der Waals surface area contributed by atoms with Gasteiger partial charge in [-0.3, -0.25) is 4.90 Å². The molecule has 2 aromatic rings. The molecule has 3 rings (SSSR count). The van der Waals surface area contributed by atoms with Gasteiger partial charge in [0.05, 0.1) is 11.0 Å². The standard InChI is InChI=1S/C13H17BrN6/c1-18-3-2-15-12(18)10-19-4-6-20(7-5-19)13-16-8-11(14)9-17-13/h2-3,8-9H,4-7,10H2,1H3. The molecule has 106 valence electrons. The number of aryl methyl sites for hydroxylation is 1. The van der Waals surface area contributed by atoms with Crippen molar-refractivity contribution in [1.82, 2.24) is 24.4 Å². The lowest BCUT2D eigenvalue weighted by molar-refractivity contribution is 0.240. The largest absolute Gasteiger partial charge is 0.338 e. The van der Waals surface area contributed by atoms with Gasteiger partial charge in [0, 0.05) is 58.0 Å². The molecule has 0 aromatic carbocycles. The topological polar surface area (TPSA) is 50.1 Å². The summed E-state index contributed by atoms with van der Waals surface area (Å²) in [5, 5.41) is 0. The van der Waals surface area contributed by atoms with E-state index in [9.17, 15) is 0 Å². The quantitative estimate of drug-likeness (QED) is 0.845. The number of piperazine rings is 1. The molecule has 0 N–H and O–H groups in total. The molecule has 7 heteroatoms. The maximum absolute atomic E-state index is 4.37. The highest BCUT2D eigenvalue weighted by molar-refractivity contribution is 9.10. The lowest BCUT2D eigenvalue weighted by Crippen LogP contribution is -2.46. The highest BCUT2D eigenvalue weighted by atomic mass is 79.9. The van der Waals surface area contributed by atoms with Crippen LogP contribution in [0.5, 0.6) is 0 Å². The van der Waals surface area contributed by atoms with Gasteiger partial charge in [-0.15, -0.1) is 0 Å². The number of aromatic nitrogens is 4. The summed E-state index contributed by atoms with van der Waals surface area (Å²) in [4.78, 5) is 17.7. The van der Waals surface area contributed by atoms with E-state index in [-0.39, 0.29) is 0 Å². The molecule has 0 radical (unpaired) electrons. The Hall–Kier alpha value is -1.47. The van der Waals surface area contributed by atoms with Crippen LogP contribution in [0.1, 0.15) is 5.82 Å². The fraction of sp³-hybridized carbons (Fsp3) is 0.462. The predicted molar refractivity (Wildman–Crippen MR) is 80.4 cm³/mol. The van der Waals surface area contributed by atoms with Crippen LogP contribution in [0.4, 0.5) is 5.95 Å². The van der Waals surface area contributed by atoms with Crippen molar-refractivity contribution in [3.63, 3.8) is 0 Å². The molecule has 0 bridgehead atoms. The summed E-state index contributed by atoms with van der Waals surface area (Å²) in [5.41, 5.74) is 0. The molecule has 1 aliphatic heterocycles. The SMILES string of the molecule is Cn1ccnc1CN1CCN(c2ncc(Br)cn2)CC1. The average molecular weight is 337 g/mol. The summed E-state index contributed by atoms with van der Waals surface area (Å²) in [6, 6.07) is 0. The minimum Gasteiger partial charge on any atom is -0.338 e. The Morgan fingerprint density at radius 1 is 1.10 bits per heavy atom. The maximum atomic E-state index is 4.37. The third-order valence-corrected chi connectivity index (χ3v) is 3.96. The molecule has 3 heterocycles. The number of hydrogen-bond acceptors (Lipinski definition) is 5. The molecular weight excluding hydrogens is 320 g/mol. The lowest BCUT2D eigenvalue weighted by Gasteiger charge is -2.34. The van der Waals surface area contributed by atoms with Gasteiger partial charge in [0.1, 0.15) is 5.82 Å². The number of hydrogen-bond donors (Lipinski definition) is 0. The Morgan fingerprint density at radius 3 is 2.40 bits per heavy atom. The van der Waals surface area contributed by atoms with Crippen LogP contribution in [0.3, 0.4) is 0 Å². The number of anilines is 1. The molecule has 1 aliphatic rings. The molecule has 0 aliphatic carbocycles. The van der Waals surface area contributed by atoms with Crippen molar-refractivity contribution < 1.29 is 0 Å². The fourth-order valence-corrected chi connectivity index (χ4v) is 2.53. The molecule has 0 amide bonds. The first-order valence-electron chi connectivity index (χ1n) is 6.63. The first-order chi connectivity index (χ1) is 9.72. The minimum absolute atomic E-state index is 0.810. The number of imidazole rings is 1. The van der Waals surface area contributed by atoms with Crippen LogP contribution in [0, 0.1) is 0 Å². The van der Waals surface area contributed by atoms with Gasteiger partial charge in [-0.2, -0.15) is 0 Å². The predicted octanol–water partition coefficient (Wildman–Crippen LogP) is 1.29. The highest BCUT2D eigenvalue weighted by Gasteiger charge is 2.19. The zero-order valence-electron chi connectivity index (χ0n) is 11.4. The van der Waals surface area contributed by atoms with Crippen molar-refractivity contribution >= 4 is 21.9 Å². The number of halogens is 1. The van der Waals surface area contributed by atoms with Crippen LogP contribution in [0.2, 0.25) is 0 Å². The normalized spacial score (nSPS) is 16.6. The molecule has 2 aromatic heterocycles. The van der Waals surface area contributed by atoms with Crippen molar-refractivity contribution in [3.05, 3.63) is 35.1 Å². The summed E-state index contributed by atoms with van der Waals surface area (Å²) < 4.78 is 2.99. The molecule has 0 atom stereocenters. The second kappa shape index (κ2) is 5.88. The van der Waals surface area contributed by atoms with E-state index in [2.05, 4.69) is 45.2 Å². The molecular formula is C13H17BrN6. The van der Waals surface area contributed by atoms with E-state index in [1.807, 2.05) is 19.4 Å². The Kier molecular flexibility index (Phi) is 3.98. The van der Waals surface area contributed by atoms with Gasteiger partial charge < -0.3 is 9.47 Å². The summed E-state index contributed by atoms with van der Waals surface area (Å²) in [6.45, 7) is 4.81. The zero-order chi connectivity index (χ0) is 13.9. The highest BCUT2D eigenvalue weighted by Crippen LogP contribution is 2.14. The average Bonchev–Trinajstić information content (AvgIpc) is 2.86. The first-order valence-corrected chi connectivity index (χ1v) is 7.43. The molecule has 20 heavy (non-hydrogen) atoms. The first kappa shape index (κ1) is 13.5. The summed E-state index contributed by atoms with van der Waals surface area (Å²) >= 11 is 3.36. The van der Waals surface area contributed by atoms with Crippen molar-refractivity contribution in [2.24, 2.45) is 7.05 Å². The second-order valence-corrected chi connectivity index (χ2v) is 5.83. The second-order valence-electron chi connectivity index (χ2n) is 4.92. The van der Waals surface area contributed by atoms with Gasteiger partial charge >= 0.3 is 0 Å². The fourth-order valence-electron chi connectivity index (χ4n) is 2.32. The monoisotopic (exact) mass is 336 g/mol. The molecule has 1 saturated heterocycles. The van der Waals surface area contributed by atoms with Crippen LogP contribution in [-0.2, 0) is 13.6 Å². The van der Waals surface area contributed by atoms with E-state index in [0.29, 0.717) is 0 Å². The maximum Gasteiger partial charge on any atom is 0.225 e. The van der Waals surface area contributed by atoms with E-state index < -0.39 is 0 Å². The Labute approximate surface area is 126 Å². The van der Waals surface area contributed by atoms with Crippen LogP contribution in [0.25, 0.3) is 0 Å². The van der Waals surface area contributed by atoms with Gasteiger partial charge in [0.25, 0.3) is 0 Å². The van der Waals surface area contributed by atoms with E-state index in [1.54, 1.807) is 12.4 Å². The third kappa shape index (κ3) is 2.99. The minimum atomic E-state index is 0.810. The Morgan fingerprint density at radius 2 is 1.80 bits per heavy atom. The van der Waals surface area contributed by atoms with Gasteiger partial charge in [-0.25, -0.2) is 15.0 Å². The zero-order valence-corrected chi connectivity index (χ0v) is 13.0. The summed E-state index contributed by atoms with van der Waals surface area (Å²) in [7, 11) is 2.04. The van der Waals surface area contributed by atoms with Crippen molar-refractivity contribution in [3.8, 4) is 0 Å². The number of rotatable bonds is 3. The smallest absolute Gasteiger partial charge is 0.225 e. The van der Waals surface area contributed by atoms with Crippen LogP contribution in [0.15, 0.2) is 29.3 Å². The van der Waals surface area contributed by atoms with Crippen molar-refractivity contribution in [1.29, 1.82) is 0 Å².